The minimum absolute atomic E-state index is 0.0570. The van der Waals surface area contributed by atoms with Crippen LogP contribution in [0.1, 0.15) is 24.8 Å². The molecule has 2 aliphatic carbocycles. The minimum Gasteiger partial charge on any atom is -0.396 e. The van der Waals surface area contributed by atoms with Crippen LogP contribution in [0.4, 0.5) is 8.78 Å². The molecule has 26 heavy (non-hydrogen) atoms. The summed E-state index contributed by atoms with van der Waals surface area (Å²) in [6.45, 7) is 0.0570. The lowest BCUT2D eigenvalue weighted by Crippen LogP contribution is -2.35. The Hall–Kier alpha value is -1.83. The number of aliphatic hydroxyl groups excluding tert-OH is 1. The van der Waals surface area contributed by atoms with Crippen molar-refractivity contribution in [3.8, 4) is 0 Å². The van der Waals surface area contributed by atoms with Crippen molar-refractivity contribution >= 4 is 15.6 Å². The zero-order valence-electron chi connectivity index (χ0n) is 14.1. The molecule has 0 saturated heterocycles. The Labute approximate surface area is 152 Å². The summed E-state index contributed by atoms with van der Waals surface area (Å²) < 4.78 is 54.7. The van der Waals surface area contributed by atoms with Crippen LogP contribution in [0.25, 0.3) is 5.57 Å². The highest BCUT2D eigenvalue weighted by Crippen LogP contribution is 2.30. The van der Waals surface area contributed by atoms with E-state index in [0.717, 1.165) is 0 Å². The first-order valence-electron chi connectivity index (χ1n) is 8.52. The van der Waals surface area contributed by atoms with E-state index in [4.69, 9.17) is 5.11 Å². The quantitative estimate of drug-likeness (QED) is 0.770. The third-order valence-corrected chi connectivity index (χ3v) is 6.12. The number of allylic oxidation sites excluding steroid dienone is 4. The van der Waals surface area contributed by atoms with Crippen molar-refractivity contribution in [2.24, 2.45) is 5.92 Å². The van der Waals surface area contributed by atoms with Crippen molar-refractivity contribution in [1.82, 2.24) is 4.72 Å². The standard InChI is InChI=1S/C19H21F2NO3S/c20-15-5-10-18(19(21)11-15)14-3-8-17(9-4-14)26(24,25)22-16-6-1-13(12-23)2-7-16/h1,3-6,8-10,13,15-16,22-23H,2,7,11-12H2. The van der Waals surface area contributed by atoms with Gasteiger partial charge in [0.25, 0.3) is 0 Å². The first-order chi connectivity index (χ1) is 12.4. The lowest BCUT2D eigenvalue weighted by Gasteiger charge is -2.22. The number of alkyl halides is 1. The smallest absolute Gasteiger partial charge is 0.241 e. The number of hydrogen-bond acceptors (Lipinski definition) is 3. The molecule has 0 fully saturated rings. The lowest BCUT2D eigenvalue weighted by molar-refractivity contribution is 0.238. The number of benzene rings is 1. The second-order valence-electron chi connectivity index (χ2n) is 6.55. The molecule has 2 N–H and O–H groups in total. The molecule has 3 unspecified atom stereocenters. The maximum Gasteiger partial charge on any atom is 0.241 e. The SMILES string of the molecule is O=S(=O)(NC1C=CC(CO)CC1)c1ccc(C2=C(F)CC(F)C=C2)cc1. The van der Waals surface area contributed by atoms with E-state index in [-0.39, 0.29) is 35.5 Å². The Bertz CT molecular complexity index is 844. The van der Waals surface area contributed by atoms with Gasteiger partial charge in [0, 0.05) is 30.6 Å². The molecule has 0 spiro atoms. The van der Waals surface area contributed by atoms with E-state index in [0.29, 0.717) is 18.4 Å². The maximum atomic E-state index is 13.9. The van der Waals surface area contributed by atoms with E-state index in [9.17, 15) is 17.2 Å². The summed E-state index contributed by atoms with van der Waals surface area (Å²) in [6, 6.07) is 5.55. The predicted molar refractivity (Wildman–Crippen MR) is 96.2 cm³/mol. The van der Waals surface area contributed by atoms with Crippen molar-refractivity contribution in [2.75, 3.05) is 6.61 Å². The topological polar surface area (TPSA) is 66.4 Å². The molecular weight excluding hydrogens is 360 g/mol. The zero-order valence-corrected chi connectivity index (χ0v) is 14.9. The first-order valence-corrected chi connectivity index (χ1v) is 10.0. The van der Waals surface area contributed by atoms with E-state index in [2.05, 4.69) is 4.72 Å². The summed E-state index contributed by atoms with van der Waals surface area (Å²) >= 11 is 0. The molecule has 4 nitrogen and oxygen atoms in total. The third-order valence-electron chi connectivity index (χ3n) is 4.62. The van der Waals surface area contributed by atoms with Gasteiger partial charge in [-0.05, 0) is 36.6 Å². The minimum atomic E-state index is -3.71. The fourth-order valence-electron chi connectivity index (χ4n) is 3.10. The van der Waals surface area contributed by atoms with Gasteiger partial charge >= 0.3 is 0 Å². The fourth-order valence-corrected chi connectivity index (χ4v) is 4.33. The van der Waals surface area contributed by atoms with Crippen LogP contribution in [0.2, 0.25) is 0 Å². The Morgan fingerprint density at radius 1 is 1.12 bits per heavy atom. The van der Waals surface area contributed by atoms with Gasteiger partial charge in [-0.15, -0.1) is 0 Å². The van der Waals surface area contributed by atoms with E-state index in [1.807, 2.05) is 6.08 Å². The summed E-state index contributed by atoms with van der Waals surface area (Å²) in [5.41, 5.74) is 0.786. The van der Waals surface area contributed by atoms with E-state index in [1.54, 1.807) is 6.08 Å². The third kappa shape index (κ3) is 4.28. The second kappa shape index (κ2) is 7.82. The molecule has 3 atom stereocenters. The van der Waals surface area contributed by atoms with Crippen molar-refractivity contribution in [1.29, 1.82) is 0 Å². The average molecular weight is 381 g/mol. The summed E-state index contributed by atoms with van der Waals surface area (Å²) in [6.07, 6.45) is 5.97. The van der Waals surface area contributed by atoms with Crippen molar-refractivity contribution in [2.45, 2.75) is 36.4 Å². The normalized spacial score (nSPS) is 26.3. The van der Waals surface area contributed by atoms with Crippen molar-refractivity contribution in [3.63, 3.8) is 0 Å². The highest BCUT2D eigenvalue weighted by molar-refractivity contribution is 7.89. The molecule has 0 amide bonds. The molecule has 0 aromatic heterocycles. The van der Waals surface area contributed by atoms with Gasteiger partial charge in [0.1, 0.15) is 12.0 Å². The van der Waals surface area contributed by atoms with Gasteiger partial charge in [0.15, 0.2) is 0 Å². The number of hydrogen-bond donors (Lipinski definition) is 2. The van der Waals surface area contributed by atoms with Crippen LogP contribution in [-0.2, 0) is 10.0 Å². The van der Waals surface area contributed by atoms with Crippen LogP contribution in [0.3, 0.4) is 0 Å². The van der Waals surface area contributed by atoms with Gasteiger partial charge in [-0.25, -0.2) is 21.9 Å². The monoisotopic (exact) mass is 381 g/mol. The van der Waals surface area contributed by atoms with Gasteiger partial charge in [-0.1, -0.05) is 30.4 Å². The second-order valence-corrected chi connectivity index (χ2v) is 8.27. The Balaban J connectivity index is 1.74. The predicted octanol–water partition coefficient (Wildman–Crippen LogP) is 3.27. The summed E-state index contributed by atoms with van der Waals surface area (Å²) in [4.78, 5) is 0.0862. The summed E-state index contributed by atoms with van der Waals surface area (Å²) in [5.74, 6) is -0.467. The fraction of sp³-hybridized carbons (Fsp3) is 0.368. The van der Waals surface area contributed by atoms with Crippen LogP contribution in [-0.4, -0.2) is 32.3 Å². The van der Waals surface area contributed by atoms with E-state index >= 15 is 0 Å². The zero-order chi connectivity index (χ0) is 18.7. The highest BCUT2D eigenvalue weighted by Gasteiger charge is 2.22. The lowest BCUT2D eigenvalue weighted by atomic mass is 9.94. The number of halogens is 2. The molecule has 1 aromatic rings. The van der Waals surface area contributed by atoms with Crippen LogP contribution < -0.4 is 4.72 Å². The van der Waals surface area contributed by atoms with Crippen LogP contribution in [0, 0.1) is 5.92 Å². The molecule has 1 aromatic carbocycles. The molecule has 0 saturated carbocycles. The molecule has 0 aliphatic heterocycles. The average Bonchev–Trinajstić information content (AvgIpc) is 2.62. The van der Waals surface area contributed by atoms with E-state index in [1.165, 1.54) is 36.4 Å². The van der Waals surface area contributed by atoms with Gasteiger partial charge in [0.2, 0.25) is 10.0 Å². The Morgan fingerprint density at radius 3 is 2.42 bits per heavy atom. The number of aliphatic hydroxyl groups is 1. The summed E-state index contributed by atoms with van der Waals surface area (Å²) in [5, 5.41) is 9.11. The van der Waals surface area contributed by atoms with E-state index < -0.39 is 22.0 Å². The number of rotatable bonds is 5. The van der Waals surface area contributed by atoms with Crippen LogP contribution in [0.5, 0.6) is 0 Å². The van der Waals surface area contributed by atoms with Gasteiger partial charge in [0.05, 0.1) is 4.90 Å². The number of sulfonamides is 1. The molecular formula is C19H21F2NO3S. The highest BCUT2D eigenvalue weighted by atomic mass is 32.2. The maximum absolute atomic E-state index is 13.9. The molecule has 3 rings (SSSR count). The van der Waals surface area contributed by atoms with Crippen molar-refractivity contribution < 1.29 is 22.3 Å². The summed E-state index contributed by atoms with van der Waals surface area (Å²) in [7, 11) is -3.71. The van der Waals surface area contributed by atoms with Crippen LogP contribution >= 0.6 is 0 Å². The molecule has 140 valence electrons. The van der Waals surface area contributed by atoms with Crippen molar-refractivity contribution in [3.05, 3.63) is 60.0 Å². The molecule has 0 radical (unpaired) electrons. The Kier molecular flexibility index (Phi) is 5.70. The Morgan fingerprint density at radius 2 is 1.85 bits per heavy atom. The molecule has 0 heterocycles. The first kappa shape index (κ1) is 18.9. The largest absolute Gasteiger partial charge is 0.396 e. The van der Waals surface area contributed by atoms with Gasteiger partial charge in [-0.2, -0.15) is 0 Å². The van der Waals surface area contributed by atoms with Crippen LogP contribution in [0.15, 0.2) is 59.3 Å². The molecule has 2 aliphatic rings. The molecule has 7 heteroatoms. The molecule has 0 bridgehead atoms. The number of nitrogens with one attached hydrogen (secondary N) is 1. The van der Waals surface area contributed by atoms with Gasteiger partial charge in [-0.3, -0.25) is 0 Å². The van der Waals surface area contributed by atoms with Gasteiger partial charge < -0.3 is 5.11 Å².